The van der Waals surface area contributed by atoms with Crippen molar-refractivity contribution in [3.05, 3.63) is 23.8 Å². The van der Waals surface area contributed by atoms with E-state index in [-0.39, 0.29) is 17.2 Å². The van der Waals surface area contributed by atoms with Crippen LogP contribution in [0.4, 0.5) is 5.69 Å². The Bertz CT molecular complexity index is 551. The molecule has 0 radical (unpaired) electrons. The Kier molecular flexibility index (Phi) is 4.47. The fraction of sp³-hybridized carbons (Fsp3) is 0.467. The number of piperidine rings is 1. The van der Waals surface area contributed by atoms with Gasteiger partial charge in [-0.15, -0.1) is 0 Å². The van der Waals surface area contributed by atoms with Crippen molar-refractivity contribution < 1.29 is 19.4 Å². The minimum atomic E-state index is -1.06. The standard InChI is InChI=1S/C15H20N2O4/c1-15(5-7-16-8-6-15)14(20)17-10-3-4-11(13(18)19)12(9-10)21-2/h3-4,9,16H,5-8H2,1-2H3,(H,17,20)(H,18,19). The maximum Gasteiger partial charge on any atom is 0.339 e. The van der Waals surface area contributed by atoms with Gasteiger partial charge in [0.15, 0.2) is 0 Å². The lowest BCUT2D eigenvalue weighted by Crippen LogP contribution is -2.42. The third-order valence-electron chi connectivity index (χ3n) is 3.95. The summed E-state index contributed by atoms with van der Waals surface area (Å²) >= 11 is 0. The number of carbonyl (C=O) groups is 2. The van der Waals surface area contributed by atoms with Crippen molar-refractivity contribution in [1.82, 2.24) is 5.32 Å². The van der Waals surface area contributed by atoms with Crippen LogP contribution in [-0.4, -0.2) is 37.2 Å². The molecule has 0 atom stereocenters. The Morgan fingerprint density at radius 2 is 2.00 bits per heavy atom. The molecule has 1 amide bonds. The molecule has 1 fully saturated rings. The second kappa shape index (κ2) is 6.13. The van der Waals surface area contributed by atoms with E-state index in [0.29, 0.717) is 5.69 Å². The van der Waals surface area contributed by atoms with Crippen LogP contribution in [-0.2, 0) is 4.79 Å². The second-order valence-corrected chi connectivity index (χ2v) is 5.48. The first-order valence-electron chi connectivity index (χ1n) is 6.90. The van der Waals surface area contributed by atoms with Crippen molar-refractivity contribution in [2.45, 2.75) is 19.8 Å². The summed E-state index contributed by atoms with van der Waals surface area (Å²) in [6, 6.07) is 4.54. The molecule has 0 unspecified atom stereocenters. The van der Waals surface area contributed by atoms with E-state index in [2.05, 4.69) is 10.6 Å². The first kappa shape index (κ1) is 15.3. The number of hydrogen-bond donors (Lipinski definition) is 3. The topological polar surface area (TPSA) is 87.7 Å². The number of amides is 1. The smallest absolute Gasteiger partial charge is 0.339 e. The number of carboxylic acid groups (broad SMARTS) is 1. The van der Waals surface area contributed by atoms with Crippen LogP contribution in [0.3, 0.4) is 0 Å². The zero-order valence-corrected chi connectivity index (χ0v) is 12.2. The summed E-state index contributed by atoms with van der Waals surface area (Å²) in [6.45, 7) is 3.60. The number of rotatable bonds is 4. The minimum absolute atomic E-state index is 0.0471. The average Bonchev–Trinajstić information content (AvgIpc) is 2.47. The predicted octanol–water partition coefficient (Wildman–Crippen LogP) is 1.72. The van der Waals surface area contributed by atoms with Crippen LogP contribution in [0.1, 0.15) is 30.1 Å². The van der Waals surface area contributed by atoms with Gasteiger partial charge in [-0.1, -0.05) is 6.92 Å². The van der Waals surface area contributed by atoms with Crippen molar-refractivity contribution >= 4 is 17.6 Å². The molecule has 0 aromatic heterocycles. The quantitative estimate of drug-likeness (QED) is 0.786. The van der Waals surface area contributed by atoms with Crippen LogP contribution in [0.25, 0.3) is 0 Å². The van der Waals surface area contributed by atoms with E-state index in [4.69, 9.17) is 9.84 Å². The molecule has 1 aromatic carbocycles. The van der Waals surface area contributed by atoms with Crippen LogP contribution in [0, 0.1) is 5.41 Å². The van der Waals surface area contributed by atoms with Gasteiger partial charge in [0.1, 0.15) is 11.3 Å². The normalized spacial score (nSPS) is 17.0. The fourth-order valence-corrected chi connectivity index (χ4v) is 2.43. The SMILES string of the molecule is COc1cc(NC(=O)C2(C)CCNCC2)ccc1C(=O)O. The lowest BCUT2D eigenvalue weighted by atomic mass is 9.80. The molecule has 0 spiro atoms. The van der Waals surface area contributed by atoms with Crippen LogP contribution in [0.5, 0.6) is 5.75 Å². The van der Waals surface area contributed by atoms with Crippen LogP contribution in [0.2, 0.25) is 0 Å². The zero-order chi connectivity index (χ0) is 15.5. The van der Waals surface area contributed by atoms with E-state index in [1.54, 1.807) is 6.07 Å². The summed E-state index contributed by atoms with van der Waals surface area (Å²) in [6.07, 6.45) is 1.56. The monoisotopic (exact) mass is 292 g/mol. The number of methoxy groups -OCH3 is 1. The van der Waals surface area contributed by atoms with Gasteiger partial charge >= 0.3 is 5.97 Å². The molecule has 0 aliphatic carbocycles. The van der Waals surface area contributed by atoms with E-state index in [1.807, 2.05) is 6.92 Å². The summed E-state index contributed by atoms with van der Waals surface area (Å²) in [5, 5.41) is 15.1. The summed E-state index contributed by atoms with van der Waals surface area (Å²) in [5.41, 5.74) is 0.217. The Hall–Kier alpha value is -2.08. The molecule has 114 valence electrons. The van der Waals surface area contributed by atoms with Crippen molar-refractivity contribution in [3.63, 3.8) is 0 Å². The van der Waals surface area contributed by atoms with E-state index >= 15 is 0 Å². The van der Waals surface area contributed by atoms with Crippen molar-refractivity contribution in [2.75, 3.05) is 25.5 Å². The largest absolute Gasteiger partial charge is 0.496 e. The van der Waals surface area contributed by atoms with Gasteiger partial charge in [0.2, 0.25) is 5.91 Å². The van der Waals surface area contributed by atoms with Gasteiger partial charge in [0, 0.05) is 17.2 Å². The third-order valence-corrected chi connectivity index (χ3v) is 3.95. The molecule has 1 aliphatic heterocycles. The predicted molar refractivity (Wildman–Crippen MR) is 78.8 cm³/mol. The molecule has 0 saturated carbocycles. The molecule has 3 N–H and O–H groups in total. The molecule has 1 aliphatic rings. The number of carbonyl (C=O) groups excluding carboxylic acids is 1. The van der Waals surface area contributed by atoms with Crippen LogP contribution >= 0.6 is 0 Å². The van der Waals surface area contributed by atoms with Gasteiger partial charge < -0.3 is 20.5 Å². The van der Waals surface area contributed by atoms with E-state index in [1.165, 1.54) is 19.2 Å². The van der Waals surface area contributed by atoms with E-state index < -0.39 is 11.4 Å². The van der Waals surface area contributed by atoms with Crippen molar-refractivity contribution in [1.29, 1.82) is 0 Å². The number of anilines is 1. The van der Waals surface area contributed by atoms with Gasteiger partial charge in [-0.25, -0.2) is 4.79 Å². The van der Waals surface area contributed by atoms with E-state index in [0.717, 1.165) is 25.9 Å². The average molecular weight is 292 g/mol. The first-order chi connectivity index (χ1) is 9.96. The van der Waals surface area contributed by atoms with Crippen molar-refractivity contribution in [3.8, 4) is 5.75 Å². The molecule has 6 nitrogen and oxygen atoms in total. The maximum atomic E-state index is 12.4. The van der Waals surface area contributed by atoms with Crippen LogP contribution < -0.4 is 15.4 Å². The number of benzene rings is 1. The number of hydrogen-bond acceptors (Lipinski definition) is 4. The van der Waals surface area contributed by atoms with Crippen LogP contribution in [0.15, 0.2) is 18.2 Å². The van der Waals surface area contributed by atoms with Gasteiger partial charge in [0.05, 0.1) is 7.11 Å². The minimum Gasteiger partial charge on any atom is -0.496 e. The molecule has 2 rings (SSSR count). The third kappa shape index (κ3) is 3.33. The summed E-state index contributed by atoms with van der Waals surface area (Å²) in [4.78, 5) is 23.4. The summed E-state index contributed by atoms with van der Waals surface area (Å²) in [5.74, 6) is -0.875. The Morgan fingerprint density at radius 3 is 2.57 bits per heavy atom. The van der Waals surface area contributed by atoms with E-state index in [9.17, 15) is 9.59 Å². The van der Waals surface area contributed by atoms with Gasteiger partial charge in [-0.3, -0.25) is 4.79 Å². The number of carboxylic acids is 1. The summed E-state index contributed by atoms with van der Waals surface area (Å²) < 4.78 is 5.06. The molecular weight excluding hydrogens is 272 g/mol. The molecule has 1 aromatic rings. The zero-order valence-electron chi connectivity index (χ0n) is 12.2. The molecule has 1 heterocycles. The van der Waals surface area contributed by atoms with Gasteiger partial charge in [-0.2, -0.15) is 0 Å². The van der Waals surface area contributed by atoms with Gasteiger partial charge in [0.25, 0.3) is 0 Å². The van der Waals surface area contributed by atoms with Gasteiger partial charge in [-0.05, 0) is 38.1 Å². The molecule has 6 heteroatoms. The highest BCUT2D eigenvalue weighted by Crippen LogP contribution is 2.30. The maximum absolute atomic E-state index is 12.4. The Labute approximate surface area is 123 Å². The highest BCUT2D eigenvalue weighted by molar-refractivity contribution is 5.97. The lowest BCUT2D eigenvalue weighted by molar-refractivity contribution is -0.126. The fourth-order valence-electron chi connectivity index (χ4n) is 2.43. The molecule has 1 saturated heterocycles. The summed E-state index contributed by atoms with van der Waals surface area (Å²) in [7, 11) is 1.40. The Balaban J connectivity index is 2.16. The molecular formula is C15H20N2O4. The Morgan fingerprint density at radius 1 is 1.33 bits per heavy atom. The number of ether oxygens (including phenoxy) is 1. The number of aromatic carboxylic acids is 1. The molecule has 21 heavy (non-hydrogen) atoms. The van der Waals surface area contributed by atoms with Crippen molar-refractivity contribution in [2.24, 2.45) is 5.41 Å². The number of nitrogens with one attached hydrogen (secondary N) is 2. The highest BCUT2D eigenvalue weighted by Gasteiger charge is 2.34. The molecule has 0 bridgehead atoms. The highest BCUT2D eigenvalue weighted by atomic mass is 16.5. The second-order valence-electron chi connectivity index (χ2n) is 5.48. The lowest BCUT2D eigenvalue weighted by Gasteiger charge is -2.32. The first-order valence-corrected chi connectivity index (χ1v) is 6.90.